The molecule has 0 bridgehead atoms. The van der Waals surface area contributed by atoms with Gasteiger partial charge in [0.05, 0.1) is 11.9 Å². The number of methoxy groups -OCH3 is 1. The van der Waals surface area contributed by atoms with Crippen molar-refractivity contribution in [3.8, 4) is 0 Å². The molecule has 7 nitrogen and oxygen atoms in total. The van der Waals surface area contributed by atoms with E-state index in [0.717, 1.165) is 7.11 Å². The van der Waals surface area contributed by atoms with Gasteiger partial charge in [-0.25, -0.2) is 13.8 Å². The van der Waals surface area contributed by atoms with Crippen molar-refractivity contribution in [1.82, 2.24) is 5.32 Å². The molecule has 1 unspecified atom stereocenters. The zero-order chi connectivity index (χ0) is 12.2. The van der Waals surface area contributed by atoms with E-state index in [1.807, 2.05) is 5.32 Å². The molecule has 0 rings (SSSR count). The van der Waals surface area contributed by atoms with E-state index in [2.05, 4.69) is 4.74 Å². The molecule has 1 amide bonds. The Kier molecular flexibility index (Phi) is 4.69. The molecular weight excluding hydrogens is 226 g/mol. The highest BCUT2D eigenvalue weighted by Gasteiger charge is 2.41. The Morgan fingerprint density at radius 3 is 2.20 bits per heavy atom. The smallest absolute Gasteiger partial charge is 0.407 e. The minimum Gasteiger partial charge on any atom is -0.480 e. The number of alkyl carbamates (subject to hydrolysis) is 1. The summed E-state index contributed by atoms with van der Waals surface area (Å²) in [5, 5.41) is 10.8. The number of aliphatic carboxylic acids is 1. The monoisotopic (exact) mass is 239 g/mol. The number of nitrogens with one attached hydrogen (secondary N) is 1. The van der Waals surface area contributed by atoms with Gasteiger partial charge in [0.25, 0.3) is 0 Å². The molecule has 0 heterocycles. The molecule has 0 saturated carbocycles. The molecule has 0 aromatic heterocycles. The van der Waals surface area contributed by atoms with Crippen molar-refractivity contribution in [2.24, 2.45) is 0 Å². The first-order valence-electron chi connectivity index (χ1n) is 3.91. The lowest BCUT2D eigenvalue weighted by Gasteiger charge is -2.27. The second-order valence-corrected chi connectivity index (χ2v) is 4.81. The summed E-state index contributed by atoms with van der Waals surface area (Å²) < 4.78 is 22.5. The van der Waals surface area contributed by atoms with Crippen LogP contribution < -0.4 is 5.32 Å². The number of carbonyl (C=O) groups excluding carboxylic acids is 1. The van der Waals surface area contributed by atoms with Gasteiger partial charge in [-0.05, 0) is 13.8 Å². The maximum absolute atomic E-state index is 10.9. The van der Waals surface area contributed by atoms with E-state index in [-0.39, 0.29) is 0 Å². The minimum atomic E-state index is -2.40. The van der Waals surface area contributed by atoms with Crippen molar-refractivity contribution in [2.45, 2.75) is 24.6 Å². The molecular formula is C7H13NO6S. The van der Waals surface area contributed by atoms with E-state index in [1.54, 1.807) is 0 Å². The van der Waals surface area contributed by atoms with Crippen molar-refractivity contribution in [3.63, 3.8) is 0 Å². The number of ether oxygens (including phenoxy) is 1. The minimum absolute atomic E-state index is 0.971. The summed E-state index contributed by atoms with van der Waals surface area (Å²) in [6, 6.07) is -1.50. The molecule has 0 aliphatic heterocycles. The highest BCUT2D eigenvalue weighted by molar-refractivity contribution is 7.80. The second kappa shape index (κ2) is 5.08. The molecule has 15 heavy (non-hydrogen) atoms. The van der Waals surface area contributed by atoms with Crippen molar-refractivity contribution >= 4 is 23.1 Å². The van der Waals surface area contributed by atoms with Gasteiger partial charge in [0, 0.05) is 0 Å². The molecule has 0 fully saturated rings. The van der Waals surface area contributed by atoms with Gasteiger partial charge < -0.3 is 19.7 Å². The zero-order valence-corrected chi connectivity index (χ0v) is 9.33. The van der Waals surface area contributed by atoms with Crippen molar-refractivity contribution in [3.05, 3.63) is 0 Å². The van der Waals surface area contributed by atoms with E-state index in [0.29, 0.717) is 0 Å². The van der Waals surface area contributed by atoms with Gasteiger partial charge in [-0.1, -0.05) is 0 Å². The van der Waals surface area contributed by atoms with Gasteiger partial charge in [0.15, 0.2) is 11.1 Å². The number of carboxylic acid groups (broad SMARTS) is 1. The van der Waals surface area contributed by atoms with Crippen LogP contribution in [0.4, 0.5) is 4.79 Å². The van der Waals surface area contributed by atoms with Crippen LogP contribution in [0.5, 0.6) is 0 Å². The third-order valence-electron chi connectivity index (χ3n) is 1.84. The Hall–Kier alpha value is -1.15. The lowest BCUT2D eigenvalue weighted by Crippen LogP contribution is -2.55. The molecule has 8 heteroatoms. The fraction of sp³-hybridized carbons (Fsp3) is 0.714. The quantitative estimate of drug-likeness (QED) is 0.585. The first-order chi connectivity index (χ1) is 6.73. The Morgan fingerprint density at radius 2 is 1.93 bits per heavy atom. The van der Waals surface area contributed by atoms with E-state index >= 15 is 0 Å². The van der Waals surface area contributed by atoms with Crippen LogP contribution in [0.25, 0.3) is 0 Å². The molecule has 0 aromatic rings. The molecule has 0 aliphatic carbocycles. The topological polar surface area (TPSA) is 113 Å². The zero-order valence-electron chi connectivity index (χ0n) is 8.51. The van der Waals surface area contributed by atoms with Crippen LogP contribution in [0, 0.1) is 0 Å². The van der Waals surface area contributed by atoms with Crippen LogP contribution in [0.1, 0.15) is 13.8 Å². The third kappa shape index (κ3) is 3.48. The largest absolute Gasteiger partial charge is 0.480 e. The van der Waals surface area contributed by atoms with Crippen LogP contribution in [-0.2, 0) is 20.6 Å². The summed E-state index contributed by atoms with van der Waals surface area (Å²) in [7, 11) is 1.07. The molecule has 0 spiro atoms. The van der Waals surface area contributed by atoms with Crippen molar-refractivity contribution < 1.29 is 28.2 Å². The van der Waals surface area contributed by atoms with Gasteiger partial charge in [-0.3, -0.25) is 0 Å². The number of rotatable bonds is 4. The van der Waals surface area contributed by atoms with Crippen LogP contribution in [0.2, 0.25) is 0 Å². The van der Waals surface area contributed by atoms with Crippen LogP contribution in [0.15, 0.2) is 0 Å². The predicted octanol–water partition coefficient (Wildman–Crippen LogP) is -0.204. The molecule has 0 aliphatic rings. The average Bonchev–Trinajstić information content (AvgIpc) is 2.12. The SMILES string of the molecule is COC(=O)N[C@H](C(=O)O)C(C)(C)S(=O)O. The Balaban J connectivity index is 4.90. The standard InChI is InChI=1S/C7H13NO6S/c1-7(2,15(12)13)4(5(9)10)8-6(11)14-3/h4H,1-3H3,(H,8,11)(H,9,10)(H,12,13)/t4-/m1/s1. The van der Waals surface area contributed by atoms with E-state index in [9.17, 15) is 13.8 Å². The number of hydrogen-bond donors (Lipinski definition) is 3. The van der Waals surface area contributed by atoms with Crippen molar-refractivity contribution in [2.75, 3.05) is 7.11 Å². The van der Waals surface area contributed by atoms with Crippen LogP contribution in [-0.4, -0.2) is 43.8 Å². The summed E-state index contributed by atoms with van der Waals surface area (Å²) in [4.78, 5) is 21.6. The lowest BCUT2D eigenvalue weighted by atomic mass is 10.0. The molecule has 0 aromatic carbocycles. The van der Waals surface area contributed by atoms with Crippen molar-refractivity contribution in [1.29, 1.82) is 0 Å². The highest BCUT2D eigenvalue weighted by Crippen LogP contribution is 2.17. The van der Waals surface area contributed by atoms with Gasteiger partial charge in [0.1, 0.15) is 6.04 Å². The fourth-order valence-corrected chi connectivity index (χ4v) is 1.17. The van der Waals surface area contributed by atoms with Gasteiger partial charge in [-0.2, -0.15) is 0 Å². The highest BCUT2D eigenvalue weighted by atomic mass is 32.2. The summed E-state index contributed by atoms with van der Waals surface area (Å²) in [5.41, 5.74) is 0. The summed E-state index contributed by atoms with van der Waals surface area (Å²) >= 11 is -2.40. The predicted molar refractivity (Wildman–Crippen MR) is 51.8 cm³/mol. The molecule has 3 N–H and O–H groups in total. The lowest BCUT2D eigenvalue weighted by molar-refractivity contribution is -0.140. The number of carboxylic acids is 1. The maximum atomic E-state index is 10.9. The maximum Gasteiger partial charge on any atom is 0.407 e. The van der Waals surface area contributed by atoms with Gasteiger partial charge >= 0.3 is 12.1 Å². The summed E-state index contributed by atoms with van der Waals surface area (Å²) in [5.74, 6) is -1.41. The number of hydrogen-bond acceptors (Lipinski definition) is 4. The first-order valence-corrected chi connectivity index (χ1v) is 5.02. The second-order valence-electron chi connectivity index (χ2n) is 3.26. The Morgan fingerprint density at radius 1 is 1.47 bits per heavy atom. The normalized spacial score (nSPS) is 15.2. The Bertz CT molecular complexity index is 289. The van der Waals surface area contributed by atoms with Gasteiger partial charge in [0.2, 0.25) is 0 Å². The molecule has 2 atom stereocenters. The van der Waals surface area contributed by atoms with E-state index in [1.165, 1.54) is 13.8 Å². The van der Waals surface area contributed by atoms with E-state index in [4.69, 9.17) is 9.66 Å². The first kappa shape index (κ1) is 13.8. The molecule has 0 saturated heterocycles. The van der Waals surface area contributed by atoms with E-state index < -0.39 is 33.9 Å². The fourth-order valence-electron chi connectivity index (χ4n) is 0.810. The van der Waals surface area contributed by atoms with Crippen LogP contribution >= 0.6 is 0 Å². The number of carbonyl (C=O) groups is 2. The Labute approximate surface area is 89.1 Å². The third-order valence-corrected chi connectivity index (χ3v) is 2.98. The molecule has 88 valence electrons. The molecule has 0 radical (unpaired) electrons. The summed E-state index contributed by atoms with van der Waals surface area (Å²) in [6.45, 7) is 2.50. The van der Waals surface area contributed by atoms with Crippen LogP contribution in [0.3, 0.4) is 0 Å². The number of amides is 1. The van der Waals surface area contributed by atoms with Gasteiger partial charge in [-0.15, -0.1) is 0 Å². The summed E-state index contributed by atoms with van der Waals surface area (Å²) in [6.07, 6.45) is -0.971. The average molecular weight is 239 g/mol.